The molecule has 26 heavy (non-hydrogen) atoms. The lowest BCUT2D eigenvalue weighted by Crippen LogP contribution is -2.27. The number of hydrogen-bond acceptors (Lipinski definition) is 4. The Bertz CT molecular complexity index is 1070. The van der Waals surface area contributed by atoms with Gasteiger partial charge in [-0.05, 0) is 56.3 Å². The fraction of sp³-hybridized carbons (Fsp3) is 0.158. The zero-order chi connectivity index (χ0) is 18.8. The smallest absolute Gasteiger partial charge is 0.280 e. The third kappa shape index (κ3) is 3.36. The number of nitrogens with zero attached hydrogens (tertiary/aromatic N) is 2. The summed E-state index contributed by atoms with van der Waals surface area (Å²) in [6.45, 7) is 3.82. The van der Waals surface area contributed by atoms with Crippen LogP contribution in [0.5, 0.6) is 0 Å². The Hall–Kier alpha value is -2.99. The van der Waals surface area contributed by atoms with Crippen molar-refractivity contribution in [1.82, 2.24) is 9.78 Å². The maximum absolute atomic E-state index is 12.7. The number of Topliss-reactive ketones (excluding diaryl/α,β-unsaturated/α-hetero) is 1. The van der Waals surface area contributed by atoms with Crippen molar-refractivity contribution < 1.29 is 9.59 Å². The third-order valence-corrected chi connectivity index (χ3v) is 4.22. The molecule has 1 N–H and O–H groups in total. The second-order valence-electron chi connectivity index (χ2n) is 5.74. The largest absolute Gasteiger partial charge is 0.320 e. The van der Waals surface area contributed by atoms with E-state index in [1.54, 1.807) is 41.1 Å². The fourth-order valence-corrected chi connectivity index (χ4v) is 2.80. The van der Waals surface area contributed by atoms with Crippen LogP contribution >= 0.6 is 11.6 Å². The number of benzene rings is 2. The number of amides is 1. The number of aromatic nitrogens is 2. The quantitative estimate of drug-likeness (QED) is 0.713. The molecule has 2 aromatic carbocycles. The van der Waals surface area contributed by atoms with Gasteiger partial charge in [0.1, 0.15) is 0 Å². The lowest BCUT2D eigenvalue weighted by molar-refractivity contribution is 0.101. The van der Waals surface area contributed by atoms with Crippen molar-refractivity contribution in [2.45, 2.75) is 20.4 Å². The molecule has 1 aromatic heterocycles. The van der Waals surface area contributed by atoms with Crippen molar-refractivity contribution in [1.29, 1.82) is 0 Å². The normalized spacial score (nSPS) is 10.7. The summed E-state index contributed by atoms with van der Waals surface area (Å²) < 4.78 is 1.58. The number of carbonyl (C=O) groups excluding carboxylic acids is 2. The highest BCUT2D eigenvalue weighted by atomic mass is 35.5. The number of aryl methyl sites for hydroxylation is 1. The molecule has 3 rings (SSSR count). The number of fused-ring (bicyclic) bond motifs is 1. The predicted octanol–water partition coefficient (Wildman–Crippen LogP) is 3.52. The van der Waals surface area contributed by atoms with Gasteiger partial charge in [0.2, 0.25) is 5.43 Å². The van der Waals surface area contributed by atoms with Crippen LogP contribution in [0.2, 0.25) is 5.02 Å². The van der Waals surface area contributed by atoms with Gasteiger partial charge in [0.15, 0.2) is 11.5 Å². The Balaban J connectivity index is 2.01. The molecule has 0 spiro atoms. The molecule has 0 unspecified atom stereocenters. The van der Waals surface area contributed by atoms with Gasteiger partial charge in [-0.2, -0.15) is 5.10 Å². The molecule has 1 heterocycles. The van der Waals surface area contributed by atoms with Crippen LogP contribution < -0.4 is 10.7 Å². The molecule has 0 radical (unpaired) electrons. The maximum Gasteiger partial charge on any atom is 0.280 e. The van der Waals surface area contributed by atoms with E-state index in [9.17, 15) is 14.4 Å². The summed E-state index contributed by atoms with van der Waals surface area (Å²) in [6.07, 6.45) is 0. The lowest BCUT2D eigenvalue weighted by Gasteiger charge is -2.11. The summed E-state index contributed by atoms with van der Waals surface area (Å²) in [5.74, 6) is -0.684. The van der Waals surface area contributed by atoms with E-state index in [-0.39, 0.29) is 11.5 Å². The van der Waals surface area contributed by atoms with Crippen LogP contribution in [-0.2, 0) is 6.54 Å². The Morgan fingerprint density at radius 2 is 1.85 bits per heavy atom. The van der Waals surface area contributed by atoms with Crippen molar-refractivity contribution in [3.8, 4) is 0 Å². The summed E-state index contributed by atoms with van der Waals surface area (Å²) >= 11 is 5.99. The molecule has 0 aliphatic heterocycles. The molecule has 7 heteroatoms. The monoisotopic (exact) mass is 369 g/mol. The highest BCUT2D eigenvalue weighted by Crippen LogP contribution is 2.17. The predicted molar refractivity (Wildman–Crippen MR) is 101 cm³/mol. The molecule has 0 atom stereocenters. The topological polar surface area (TPSA) is 81.1 Å². The third-order valence-electron chi connectivity index (χ3n) is 3.98. The number of rotatable bonds is 4. The van der Waals surface area contributed by atoms with E-state index in [0.29, 0.717) is 33.7 Å². The van der Waals surface area contributed by atoms with E-state index < -0.39 is 11.3 Å². The lowest BCUT2D eigenvalue weighted by atomic mass is 10.1. The first-order valence-corrected chi connectivity index (χ1v) is 8.41. The van der Waals surface area contributed by atoms with Crippen molar-refractivity contribution >= 4 is 39.9 Å². The zero-order valence-corrected chi connectivity index (χ0v) is 15.0. The second kappa shape index (κ2) is 7.09. The van der Waals surface area contributed by atoms with Crippen LogP contribution in [0.15, 0.2) is 47.3 Å². The molecule has 0 bridgehead atoms. The van der Waals surface area contributed by atoms with E-state index >= 15 is 0 Å². The van der Waals surface area contributed by atoms with Crippen LogP contribution in [0.1, 0.15) is 34.7 Å². The van der Waals surface area contributed by atoms with E-state index in [4.69, 9.17) is 11.6 Å². The Kier molecular flexibility index (Phi) is 4.86. The van der Waals surface area contributed by atoms with Gasteiger partial charge in [-0.15, -0.1) is 0 Å². The molecule has 6 nitrogen and oxygen atoms in total. The summed E-state index contributed by atoms with van der Waals surface area (Å²) in [5.41, 5.74) is 0.928. The Labute approximate surface area is 154 Å². The standard InChI is InChI=1S/C19H16ClN3O3/c1-3-23-16-9-6-13(20)10-15(16)18(25)17(22-23)19(26)21-14-7-4-12(5-8-14)11(2)24/h4-10H,3H2,1-2H3,(H,21,26). The number of anilines is 1. The van der Waals surface area contributed by atoms with Gasteiger partial charge in [-0.25, -0.2) is 0 Å². The second-order valence-corrected chi connectivity index (χ2v) is 6.18. The summed E-state index contributed by atoms with van der Waals surface area (Å²) in [4.78, 5) is 36.6. The summed E-state index contributed by atoms with van der Waals surface area (Å²) in [5, 5.41) is 7.57. The van der Waals surface area contributed by atoms with Gasteiger partial charge in [0, 0.05) is 22.8 Å². The van der Waals surface area contributed by atoms with Crippen molar-refractivity contribution in [3.05, 3.63) is 69.0 Å². The van der Waals surface area contributed by atoms with E-state index in [2.05, 4.69) is 10.4 Å². The molecule has 132 valence electrons. The van der Waals surface area contributed by atoms with Gasteiger partial charge in [0.05, 0.1) is 10.9 Å². The van der Waals surface area contributed by atoms with E-state index in [0.717, 1.165) is 0 Å². The van der Waals surface area contributed by atoms with Crippen molar-refractivity contribution in [2.75, 3.05) is 5.32 Å². The van der Waals surface area contributed by atoms with Crippen LogP contribution in [0.3, 0.4) is 0 Å². The van der Waals surface area contributed by atoms with Crippen LogP contribution in [0.4, 0.5) is 5.69 Å². The summed E-state index contributed by atoms with van der Waals surface area (Å²) in [6, 6.07) is 11.3. The molecular formula is C19H16ClN3O3. The van der Waals surface area contributed by atoms with E-state index in [1.165, 1.54) is 13.0 Å². The molecule has 0 saturated heterocycles. The number of carbonyl (C=O) groups is 2. The molecule has 0 aliphatic rings. The SMILES string of the molecule is CCn1nc(C(=O)Nc2ccc(C(C)=O)cc2)c(=O)c2cc(Cl)ccc21. The minimum absolute atomic E-state index is 0.0678. The van der Waals surface area contributed by atoms with Crippen LogP contribution in [0, 0.1) is 0 Å². The van der Waals surface area contributed by atoms with Crippen molar-refractivity contribution in [3.63, 3.8) is 0 Å². The first-order chi connectivity index (χ1) is 12.4. The molecular weight excluding hydrogens is 354 g/mol. The molecule has 3 aromatic rings. The number of hydrogen-bond donors (Lipinski definition) is 1. The van der Waals surface area contributed by atoms with Gasteiger partial charge in [-0.3, -0.25) is 19.1 Å². The fourth-order valence-electron chi connectivity index (χ4n) is 2.63. The number of nitrogens with one attached hydrogen (secondary N) is 1. The van der Waals surface area contributed by atoms with Gasteiger partial charge >= 0.3 is 0 Å². The molecule has 1 amide bonds. The number of ketones is 1. The van der Waals surface area contributed by atoms with E-state index in [1.807, 2.05) is 6.92 Å². The number of halogens is 1. The minimum Gasteiger partial charge on any atom is -0.320 e. The van der Waals surface area contributed by atoms with Gasteiger partial charge < -0.3 is 5.32 Å². The average Bonchev–Trinajstić information content (AvgIpc) is 2.62. The Morgan fingerprint density at radius 1 is 1.15 bits per heavy atom. The first kappa shape index (κ1) is 17.8. The van der Waals surface area contributed by atoms with Crippen molar-refractivity contribution in [2.24, 2.45) is 0 Å². The zero-order valence-electron chi connectivity index (χ0n) is 14.2. The maximum atomic E-state index is 12.7. The van der Waals surface area contributed by atoms with Gasteiger partial charge in [-0.1, -0.05) is 11.6 Å². The van der Waals surface area contributed by atoms with Gasteiger partial charge in [0.25, 0.3) is 5.91 Å². The molecule has 0 saturated carbocycles. The highest BCUT2D eigenvalue weighted by Gasteiger charge is 2.17. The first-order valence-electron chi connectivity index (χ1n) is 8.03. The Morgan fingerprint density at radius 3 is 2.46 bits per heavy atom. The molecule has 0 fully saturated rings. The minimum atomic E-state index is -0.616. The highest BCUT2D eigenvalue weighted by molar-refractivity contribution is 6.31. The summed E-state index contributed by atoms with van der Waals surface area (Å²) in [7, 11) is 0. The van der Waals surface area contributed by atoms with Crippen LogP contribution in [-0.4, -0.2) is 21.5 Å². The van der Waals surface area contributed by atoms with Crippen LogP contribution in [0.25, 0.3) is 10.9 Å². The molecule has 0 aliphatic carbocycles. The average molecular weight is 370 g/mol.